The number of fused-ring (bicyclic) bond motifs is 1. The molecule has 2 rings (SSSR count). The van der Waals surface area contributed by atoms with Gasteiger partial charge in [0, 0.05) is 24.0 Å². The third-order valence-corrected chi connectivity index (χ3v) is 4.09. The molecule has 0 saturated heterocycles. The van der Waals surface area contributed by atoms with Crippen molar-refractivity contribution < 1.29 is 14.3 Å². The second kappa shape index (κ2) is 8.10. The van der Waals surface area contributed by atoms with E-state index in [1.165, 1.54) is 4.90 Å². The lowest BCUT2D eigenvalue weighted by Crippen LogP contribution is -2.42. The van der Waals surface area contributed by atoms with E-state index in [0.29, 0.717) is 18.1 Å². The summed E-state index contributed by atoms with van der Waals surface area (Å²) in [5, 5.41) is 1.15. The highest BCUT2D eigenvalue weighted by Crippen LogP contribution is 2.28. The molecule has 26 heavy (non-hydrogen) atoms. The molecule has 0 fully saturated rings. The monoisotopic (exact) mass is 379 g/mol. The highest BCUT2D eigenvalue weighted by molar-refractivity contribution is 6.38. The van der Waals surface area contributed by atoms with E-state index < -0.39 is 11.6 Å². The van der Waals surface area contributed by atoms with Crippen molar-refractivity contribution in [3.05, 3.63) is 35.0 Å². The normalized spacial score (nSPS) is 11.8. The fourth-order valence-corrected chi connectivity index (χ4v) is 2.81. The van der Waals surface area contributed by atoms with Crippen molar-refractivity contribution in [3.8, 4) is 0 Å². The average Bonchev–Trinajstić information content (AvgIpc) is 2.86. The number of ether oxygens (including phenoxy) is 1. The number of H-pyrrole nitrogens is 1. The molecule has 0 bridgehead atoms. The van der Waals surface area contributed by atoms with E-state index in [2.05, 4.69) is 4.98 Å². The predicted octanol–water partition coefficient (Wildman–Crippen LogP) is 3.17. The summed E-state index contributed by atoms with van der Waals surface area (Å²) in [6.07, 6.45) is 0. The Balaban J connectivity index is 2.26. The number of esters is 1. The molecule has 7 heteroatoms. The molecular formula is C19H26ClN3O3. The van der Waals surface area contributed by atoms with Gasteiger partial charge in [-0.05, 0) is 40.9 Å². The van der Waals surface area contributed by atoms with Crippen LogP contribution in [0.25, 0.3) is 10.9 Å². The molecule has 0 radical (unpaired) electrons. The van der Waals surface area contributed by atoms with E-state index in [1.54, 1.807) is 20.8 Å². The van der Waals surface area contributed by atoms with Crippen LogP contribution in [0.5, 0.6) is 0 Å². The summed E-state index contributed by atoms with van der Waals surface area (Å²) in [7, 11) is 3.82. The lowest BCUT2D eigenvalue weighted by molar-refractivity contribution is -0.155. The first-order chi connectivity index (χ1) is 12.1. The van der Waals surface area contributed by atoms with E-state index >= 15 is 0 Å². The molecule has 0 aliphatic rings. The molecule has 1 heterocycles. The standard InChI is InChI=1S/C19H26ClN3O3/c1-19(2,3)26-15(24)12-23(11-10-22(4)5)18(25)17-16(20)13-8-6-7-9-14(13)21-17/h6-9,21H,10-12H2,1-5H3. The number of likely N-dealkylation sites (N-methyl/N-ethyl adjacent to an activating group) is 1. The Labute approximate surface area is 159 Å². The molecule has 1 aromatic heterocycles. The molecule has 0 aliphatic heterocycles. The molecule has 1 amide bonds. The highest BCUT2D eigenvalue weighted by atomic mass is 35.5. The van der Waals surface area contributed by atoms with E-state index in [-0.39, 0.29) is 18.1 Å². The smallest absolute Gasteiger partial charge is 0.326 e. The van der Waals surface area contributed by atoms with Gasteiger partial charge in [0.25, 0.3) is 5.91 Å². The van der Waals surface area contributed by atoms with Crippen molar-refractivity contribution in [1.82, 2.24) is 14.8 Å². The van der Waals surface area contributed by atoms with Crippen LogP contribution < -0.4 is 0 Å². The van der Waals surface area contributed by atoms with Crippen molar-refractivity contribution in [2.45, 2.75) is 26.4 Å². The summed E-state index contributed by atoms with van der Waals surface area (Å²) in [6.45, 7) is 6.27. The maximum Gasteiger partial charge on any atom is 0.326 e. The second-order valence-corrected chi connectivity index (χ2v) is 7.85. The average molecular weight is 380 g/mol. The van der Waals surface area contributed by atoms with Crippen LogP contribution in [0.1, 0.15) is 31.3 Å². The van der Waals surface area contributed by atoms with Crippen molar-refractivity contribution in [2.24, 2.45) is 0 Å². The quantitative estimate of drug-likeness (QED) is 0.783. The largest absolute Gasteiger partial charge is 0.459 e. The lowest BCUT2D eigenvalue weighted by atomic mass is 10.2. The summed E-state index contributed by atoms with van der Waals surface area (Å²) in [5.74, 6) is -0.768. The topological polar surface area (TPSA) is 65.6 Å². The number of amides is 1. The Bertz CT molecular complexity index is 793. The Hall–Kier alpha value is -2.05. The SMILES string of the molecule is CN(C)CCN(CC(=O)OC(C)(C)C)C(=O)c1[nH]c2ccccc2c1Cl. The van der Waals surface area contributed by atoms with Gasteiger partial charge in [-0.1, -0.05) is 29.8 Å². The number of hydrogen-bond donors (Lipinski definition) is 1. The van der Waals surface area contributed by atoms with Crippen LogP contribution in [0.15, 0.2) is 24.3 Å². The predicted molar refractivity (Wildman–Crippen MR) is 104 cm³/mol. The molecular weight excluding hydrogens is 354 g/mol. The number of para-hydroxylation sites is 1. The van der Waals surface area contributed by atoms with Crippen molar-refractivity contribution in [3.63, 3.8) is 0 Å². The fourth-order valence-electron chi connectivity index (χ4n) is 2.52. The van der Waals surface area contributed by atoms with Crippen LogP contribution in [0, 0.1) is 0 Å². The Kier molecular flexibility index (Phi) is 6.31. The fraction of sp³-hybridized carbons (Fsp3) is 0.474. The second-order valence-electron chi connectivity index (χ2n) is 7.48. The number of benzene rings is 1. The van der Waals surface area contributed by atoms with Crippen molar-refractivity contribution in [1.29, 1.82) is 0 Å². The van der Waals surface area contributed by atoms with Crippen LogP contribution in [0.4, 0.5) is 0 Å². The van der Waals surface area contributed by atoms with E-state index in [9.17, 15) is 9.59 Å². The first kappa shape index (κ1) is 20.3. The van der Waals surface area contributed by atoms with Gasteiger partial charge < -0.3 is 19.5 Å². The van der Waals surface area contributed by atoms with Crippen LogP contribution in [0.3, 0.4) is 0 Å². The van der Waals surface area contributed by atoms with E-state index in [4.69, 9.17) is 16.3 Å². The minimum absolute atomic E-state index is 0.129. The van der Waals surface area contributed by atoms with Gasteiger partial charge in [0.2, 0.25) is 0 Å². The number of aromatic nitrogens is 1. The Morgan fingerprint density at radius 2 is 1.81 bits per heavy atom. The van der Waals surface area contributed by atoms with Crippen LogP contribution in [-0.2, 0) is 9.53 Å². The number of nitrogens with zero attached hydrogens (tertiary/aromatic N) is 2. The third-order valence-electron chi connectivity index (χ3n) is 3.70. The number of carbonyl (C=O) groups is 2. The lowest BCUT2D eigenvalue weighted by Gasteiger charge is -2.26. The molecule has 6 nitrogen and oxygen atoms in total. The van der Waals surface area contributed by atoms with Gasteiger partial charge in [-0.3, -0.25) is 9.59 Å². The first-order valence-electron chi connectivity index (χ1n) is 8.50. The Morgan fingerprint density at radius 3 is 2.38 bits per heavy atom. The van der Waals surface area contributed by atoms with E-state index in [1.807, 2.05) is 43.3 Å². The van der Waals surface area contributed by atoms with Gasteiger partial charge in [-0.15, -0.1) is 0 Å². The number of halogens is 1. The Morgan fingerprint density at radius 1 is 1.15 bits per heavy atom. The highest BCUT2D eigenvalue weighted by Gasteiger charge is 2.26. The number of hydrogen-bond acceptors (Lipinski definition) is 4. The zero-order chi connectivity index (χ0) is 19.5. The molecule has 0 saturated carbocycles. The summed E-state index contributed by atoms with van der Waals surface area (Å²) in [6, 6.07) is 7.44. The maximum atomic E-state index is 13.0. The van der Waals surface area contributed by atoms with Gasteiger partial charge in [0.15, 0.2) is 0 Å². The molecule has 0 aliphatic carbocycles. The van der Waals surface area contributed by atoms with Crippen LogP contribution in [0.2, 0.25) is 5.02 Å². The maximum absolute atomic E-state index is 13.0. The number of nitrogens with one attached hydrogen (secondary N) is 1. The van der Waals surface area contributed by atoms with Crippen molar-refractivity contribution in [2.75, 3.05) is 33.7 Å². The van der Waals surface area contributed by atoms with Crippen LogP contribution in [-0.4, -0.2) is 66.0 Å². The van der Waals surface area contributed by atoms with E-state index in [0.717, 1.165) is 10.9 Å². The first-order valence-corrected chi connectivity index (χ1v) is 8.88. The molecule has 0 spiro atoms. The zero-order valence-corrected chi connectivity index (χ0v) is 16.7. The van der Waals surface area contributed by atoms with Gasteiger partial charge in [0.1, 0.15) is 17.8 Å². The summed E-state index contributed by atoms with van der Waals surface area (Å²) < 4.78 is 5.36. The number of rotatable bonds is 6. The minimum Gasteiger partial charge on any atom is -0.459 e. The molecule has 1 N–H and O–H groups in total. The summed E-state index contributed by atoms with van der Waals surface area (Å²) in [4.78, 5) is 31.7. The molecule has 1 aromatic carbocycles. The summed E-state index contributed by atoms with van der Waals surface area (Å²) in [5.41, 5.74) is 0.465. The molecule has 2 aromatic rings. The molecule has 0 atom stereocenters. The van der Waals surface area contributed by atoms with Gasteiger partial charge >= 0.3 is 5.97 Å². The third kappa shape index (κ3) is 5.22. The number of aromatic amines is 1. The molecule has 0 unspecified atom stereocenters. The molecule has 142 valence electrons. The van der Waals surface area contributed by atoms with Crippen molar-refractivity contribution >= 4 is 34.4 Å². The van der Waals surface area contributed by atoms with Gasteiger partial charge in [-0.2, -0.15) is 0 Å². The zero-order valence-electron chi connectivity index (χ0n) is 15.9. The van der Waals surface area contributed by atoms with Gasteiger partial charge in [-0.25, -0.2) is 0 Å². The van der Waals surface area contributed by atoms with Gasteiger partial charge in [0.05, 0.1) is 5.02 Å². The summed E-state index contributed by atoms with van der Waals surface area (Å²) >= 11 is 6.40. The minimum atomic E-state index is -0.605. The van der Waals surface area contributed by atoms with Crippen LogP contribution >= 0.6 is 11.6 Å². The number of carbonyl (C=O) groups excluding carboxylic acids is 2.